The van der Waals surface area contributed by atoms with Gasteiger partial charge in [0.25, 0.3) is 0 Å². The molecule has 1 N–H and O–H groups in total. The summed E-state index contributed by atoms with van der Waals surface area (Å²) in [6, 6.07) is 12.6. The summed E-state index contributed by atoms with van der Waals surface area (Å²) in [4.78, 5) is 20.4. The number of hydrogen-bond donors (Lipinski definition) is 1. The van der Waals surface area contributed by atoms with Crippen molar-refractivity contribution in [1.29, 1.82) is 0 Å². The summed E-state index contributed by atoms with van der Waals surface area (Å²) in [6.45, 7) is 5.68. The lowest BCUT2D eigenvalue weighted by Gasteiger charge is -2.38. The molecule has 4 rings (SSSR count). The third-order valence-corrected chi connectivity index (χ3v) is 6.98. The van der Waals surface area contributed by atoms with E-state index in [1.807, 2.05) is 12.3 Å². The van der Waals surface area contributed by atoms with Gasteiger partial charge < -0.3 is 10.2 Å². The molecular weight excluding hydrogens is 370 g/mol. The maximum Gasteiger partial charge on any atom is 0.318 e. The molecular formula is C26H35N3O. The molecule has 0 radical (unpaired) electrons. The van der Waals surface area contributed by atoms with Crippen LogP contribution in [0.3, 0.4) is 0 Å². The molecule has 1 unspecified atom stereocenters. The van der Waals surface area contributed by atoms with E-state index in [2.05, 4.69) is 54.4 Å². The maximum absolute atomic E-state index is 13.5. The number of carbonyl (C=O) groups is 1. The van der Waals surface area contributed by atoms with Crippen molar-refractivity contribution in [2.45, 2.75) is 71.4 Å². The highest BCUT2D eigenvalue weighted by atomic mass is 16.2. The van der Waals surface area contributed by atoms with E-state index in [0.29, 0.717) is 18.4 Å². The first-order chi connectivity index (χ1) is 14.6. The first-order valence-corrected chi connectivity index (χ1v) is 11.6. The van der Waals surface area contributed by atoms with Gasteiger partial charge in [0.2, 0.25) is 0 Å². The molecule has 2 aliphatic rings. The number of urea groups is 1. The minimum atomic E-state index is 0.0593. The second kappa shape index (κ2) is 9.63. The van der Waals surface area contributed by atoms with Gasteiger partial charge in [0.05, 0.1) is 11.7 Å². The van der Waals surface area contributed by atoms with E-state index in [1.165, 1.54) is 61.6 Å². The number of nitrogens with zero attached hydrogens (tertiary/aromatic N) is 2. The van der Waals surface area contributed by atoms with Crippen molar-refractivity contribution in [1.82, 2.24) is 15.2 Å². The van der Waals surface area contributed by atoms with E-state index in [0.717, 1.165) is 12.2 Å². The first kappa shape index (κ1) is 20.9. The molecule has 2 saturated carbocycles. The second-order valence-electron chi connectivity index (χ2n) is 9.21. The van der Waals surface area contributed by atoms with Crippen LogP contribution in [0.1, 0.15) is 73.4 Å². The predicted molar refractivity (Wildman–Crippen MR) is 121 cm³/mol. The summed E-state index contributed by atoms with van der Waals surface area (Å²) < 4.78 is 0. The summed E-state index contributed by atoms with van der Waals surface area (Å²) in [7, 11) is 0. The van der Waals surface area contributed by atoms with Crippen molar-refractivity contribution in [3.8, 4) is 0 Å². The normalized spacial score (nSPS) is 18.1. The summed E-state index contributed by atoms with van der Waals surface area (Å²) >= 11 is 0. The summed E-state index contributed by atoms with van der Waals surface area (Å²) in [5, 5.41) is 3.25. The van der Waals surface area contributed by atoms with Crippen molar-refractivity contribution in [2.75, 3.05) is 6.54 Å². The monoisotopic (exact) mass is 405 g/mol. The van der Waals surface area contributed by atoms with Crippen LogP contribution in [0.25, 0.3) is 0 Å². The zero-order valence-corrected chi connectivity index (χ0v) is 18.4. The fourth-order valence-electron chi connectivity index (χ4n) is 4.83. The Hall–Kier alpha value is -2.36. The topological polar surface area (TPSA) is 45.2 Å². The Morgan fingerprint density at radius 3 is 2.57 bits per heavy atom. The molecule has 1 aromatic heterocycles. The summed E-state index contributed by atoms with van der Waals surface area (Å²) in [5.41, 5.74) is 4.78. The Morgan fingerprint density at radius 1 is 1.07 bits per heavy atom. The molecule has 0 aliphatic heterocycles. The molecule has 160 valence electrons. The van der Waals surface area contributed by atoms with Crippen LogP contribution in [0.4, 0.5) is 4.79 Å². The smallest absolute Gasteiger partial charge is 0.318 e. The molecule has 0 spiro atoms. The van der Waals surface area contributed by atoms with Crippen LogP contribution in [0, 0.1) is 25.7 Å². The number of amides is 2. The van der Waals surface area contributed by atoms with Crippen molar-refractivity contribution in [3.63, 3.8) is 0 Å². The van der Waals surface area contributed by atoms with Crippen LogP contribution in [0.5, 0.6) is 0 Å². The van der Waals surface area contributed by atoms with Gasteiger partial charge in [-0.3, -0.25) is 4.98 Å². The number of rotatable bonds is 7. The number of benzene rings is 1. The number of pyridine rings is 1. The quantitative estimate of drug-likeness (QED) is 0.619. The zero-order valence-electron chi connectivity index (χ0n) is 18.4. The number of nitrogens with one attached hydrogen (secondary N) is 1. The standard InChI is InChI=1S/C26H35N3O/c1-19-9-8-12-23(20(19)2)17-28-26(30)29(18-21-14-15-21)25(22-10-4-3-5-11-22)24-13-6-7-16-27-24/h6-9,12-13,16,21-22,25H,3-5,10-11,14-15,17-18H2,1-2H3,(H,28,30). The van der Waals surface area contributed by atoms with E-state index in [9.17, 15) is 4.79 Å². The highest BCUT2D eigenvalue weighted by molar-refractivity contribution is 5.75. The van der Waals surface area contributed by atoms with Gasteiger partial charge in [0.15, 0.2) is 0 Å². The van der Waals surface area contributed by atoms with Gasteiger partial charge in [-0.25, -0.2) is 4.79 Å². The van der Waals surface area contributed by atoms with Crippen molar-refractivity contribution in [3.05, 3.63) is 65.0 Å². The summed E-state index contributed by atoms with van der Waals surface area (Å²) in [5.74, 6) is 1.14. The lowest BCUT2D eigenvalue weighted by Crippen LogP contribution is -2.46. The molecule has 1 heterocycles. The first-order valence-electron chi connectivity index (χ1n) is 11.6. The van der Waals surface area contributed by atoms with E-state index in [-0.39, 0.29) is 12.1 Å². The van der Waals surface area contributed by atoms with Crippen LogP contribution in [0.15, 0.2) is 42.6 Å². The Labute approximate surface area is 181 Å². The van der Waals surface area contributed by atoms with Gasteiger partial charge in [-0.15, -0.1) is 0 Å². The lowest BCUT2D eigenvalue weighted by atomic mass is 9.81. The molecule has 30 heavy (non-hydrogen) atoms. The average Bonchev–Trinajstić information content (AvgIpc) is 3.60. The molecule has 4 heteroatoms. The SMILES string of the molecule is Cc1cccc(CNC(=O)N(CC2CC2)C(c2ccccn2)C2CCCCC2)c1C. The van der Waals surface area contributed by atoms with Crippen LogP contribution in [-0.4, -0.2) is 22.5 Å². The van der Waals surface area contributed by atoms with E-state index in [1.54, 1.807) is 0 Å². The fourth-order valence-corrected chi connectivity index (χ4v) is 4.83. The van der Waals surface area contributed by atoms with E-state index in [4.69, 9.17) is 4.98 Å². The number of aromatic nitrogens is 1. The van der Waals surface area contributed by atoms with Crippen molar-refractivity contribution < 1.29 is 4.79 Å². The second-order valence-corrected chi connectivity index (χ2v) is 9.21. The number of hydrogen-bond acceptors (Lipinski definition) is 2. The third-order valence-electron chi connectivity index (χ3n) is 6.98. The molecule has 1 atom stereocenters. The van der Waals surface area contributed by atoms with Gasteiger partial charge in [-0.1, -0.05) is 43.5 Å². The number of carbonyl (C=O) groups excluding carboxylic acids is 1. The third kappa shape index (κ3) is 5.03. The highest BCUT2D eigenvalue weighted by Crippen LogP contribution is 2.40. The van der Waals surface area contributed by atoms with Crippen LogP contribution < -0.4 is 5.32 Å². The van der Waals surface area contributed by atoms with Gasteiger partial charge in [0.1, 0.15) is 0 Å². The van der Waals surface area contributed by atoms with Crippen molar-refractivity contribution >= 4 is 6.03 Å². The minimum Gasteiger partial charge on any atom is -0.334 e. The fraction of sp³-hybridized carbons (Fsp3) is 0.538. The Morgan fingerprint density at radius 2 is 1.87 bits per heavy atom. The molecule has 2 aliphatic carbocycles. The van der Waals surface area contributed by atoms with Crippen LogP contribution >= 0.6 is 0 Å². The summed E-state index contributed by atoms with van der Waals surface area (Å²) in [6.07, 6.45) is 10.5. The number of aryl methyl sites for hydroxylation is 1. The lowest BCUT2D eigenvalue weighted by molar-refractivity contribution is 0.123. The molecule has 1 aromatic carbocycles. The van der Waals surface area contributed by atoms with Crippen molar-refractivity contribution in [2.24, 2.45) is 11.8 Å². The van der Waals surface area contributed by atoms with Gasteiger partial charge in [-0.2, -0.15) is 0 Å². The Balaban J connectivity index is 1.56. The minimum absolute atomic E-state index is 0.0593. The molecule has 4 nitrogen and oxygen atoms in total. The Kier molecular flexibility index (Phi) is 6.71. The van der Waals surface area contributed by atoms with Crippen LogP contribution in [0.2, 0.25) is 0 Å². The predicted octanol–water partition coefficient (Wildman–Crippen LogP) is 5.94. The molecule has 0 bridgehead atoms. The zero-order chi connectivity index (χ0) is 20.9. The van der Waals surface area contributed by atoms with Gasteiger partial charge in [-0.05, 0) is 80.2 Å². The molecule has 2 fully saturated rings. The average molecular weight is 406 g/mol. The molecule has 2 aromatic rings. The molecule has 2 amide bonds. The largest absolute Gasteiger partial charge is 0.334 e. The van der Waals surface area contributed by atoms with E-state index >= 15 is 0 Å². The van der Waals surface area contributed by atoms with E-state index < -0.39 is 0 Å². The van der Waals surface area contributed by atoms with Gasteiger partial charge in [0, 0.05) is 19.3 Å². The van der Waals surface area contributed by atoms with Gasteiger partial charge >= 0.3 is 6.03 Å². The highest BCUT2D eigenvalue weighted by Gasteiger charge is 2.37. The Bertz CT molecular complexity index is 841. The molecule has 0 saturated heterocycles. The van der Waals surface area contributed by atoms with Crippen LogP contribution in [-0.2, 0) is 6.54 Å². The maximum atomic E-state index is 13.5.